The number of rotatable bonds is 8. The number of pyridine rings is 1. The smallest absolute Gasteiger partial charge is 0.225 e. The van der Waals surface area contributed by atoms with Gasteiger partial charge >= 0.3 is 0 Å². The SMILES string of the molecule is COc1cc(Nc2cc(C)nc(NCc3ccncc3)n2)cc(OC)c1OC. The Hall–Kier alpha value is -3.55. The molecule has 0 saturated carbocycles. The maximum atomic E-state index is 5.40. The van der Waals surface area contributed by atoms with Crippen molar-refractivity contribution in [3.8, 4) is 17.2 Å². The maximum Gasteiger partial charge on any atom is 0.225 e. The predicted molar refractivity (Wildman–Crippen MR) is 108 cm³/mol. The summed E-state index contributed by atoms with van der Waals surface area (Å²) in [6, 6.07) is 9.39. The van der Waals surface area contributed by atoms with Gasteiger partial charge in [0.05, 0.1) is 21.3 Å². The third-order valence-corrected chi connectivity index (χ3v) is 3.99. The molecule has 0 bridgehead atoms. The van der Waals surface area contributed by atoms with E-state index in [1.807, 2.05) is 37.3 Å². The minimum absolute atomic E-state index is 0.534. The average molecular weight is 381 g/mol. The predicted octanol–water partition coefficient (Wildman–Crippen LogP) is 3.56. The summed E-state index contributed by atoms with van der Waals surface area (Å²) in [5.41, 5.74) is 2.69. The molecule has 2 N–H and O–H groups in total. The van der Waals surface area contributed by atoms with E-state index < -0.39 is 0 Å². The molecule has 2 aromatic heterocycles. The molecule has 3 aromatic rings. The molecule has 0 amide bonds. The molecule has 0 radical (unpaired) electrons. The minimum atomic E-state index is 0.534. The van der Waals surface area contributed by atoms with Crippen LogP contribution in [-0.4, -0.2) is 36.3 Å². The van der Waals surface area contributed by atoms with Crippen molar-refractivity contribution in [2.45, 2.75) is 13.5 Å². The largest absolute Gasteiger partial charge is 0.493 e. The van der Waals surface area contributed by atoms with Crippen LogP contribution in [0.4, 0.5) is 17.5 Å². The summed E-state index contributed by atoms with van der Waals surface area (Å²) in [5, 5.41) is 6.50. The first-order valence-electron chi connectivity index (χ1n) is 8.68. The number of nitrogens with zero attached hydrogens (tertiary/aromatic N) is 3. The van der Waals surface area contributed by atoms with E-state index in [0.29, 0.717) is 35.6 Å². The molecule has 0 saturated heterocycles. The van der Waals surface area contributed by atoms with Gasteiger partial charge in [0.25, 0.3) is 0 Å². The van der Waals surface area contributed by atoms with Crippen molar-refractivity contribution in [2.24, 2.45) is 0 Å². The fourth-order valence-corrected chi connectivity index (χ4v) is 2.69. The minimum Gasteiger partial charge on any atom is -0.493 e. The number of benzene rings is 1. The van der Waals surface area contributed by atoms with Gasteiger partial charge in [0, 0.05) is 48.5 Å². The zero-order valence-corrected chi connectivity index (χ0v) is 16.3. The Kier molecular flexibility index (Phi) is 6.11. The maximum absolute atomic E-state index is 5.40. The first-order valence-corrected chi connectivity index (χ1v) is 8.68. The van der Waals surface area contributed by atoms with E-state index in [9.17, 15) is 0 Å². The van der Waals surface area contributed by atoms with E-state index in [-0.39, 0.29) is 0 Å². The van der Waals surface area contributed by atoms with Crippen molar-refractivity contribution in [2.75, 3.05) is 32.0 Å². The Balaban J connectivity index is 1.81. The van der Waals surface area contributed by atoms with Crippen molar-refractivity contribution in [1.82, 2.24) is 15.0 Å². The summed E-state index contributed by atoms with van der Waals surface area (Å²) in [4.78, 5) is 13.0. The summed E-state index contributed by atoms with van der Waals surface area (Å²) in [5.74, 6) is 2.84. The number of aryl methyl sites for hydroxylation is 1. The Morgan fingerprint density at radius 2 is 1.57 bits per heavy atom. The van der Waals surface area contributed by atoms with Crippen LogP contribution in [0.5, 0.6) is 17.2 Å². The molecular formula is C20H23N5O3. The van der Waals surface area contributed by atoms with Crippen LogP contribution in [0, 0.1) is 6.92 Å². The van der Waals surface area contributed by atoms with Gasteiger partial charge in [-0.2, -0.15) is 4.98 Å². The monoisotopic (exact) mass is 381 g/mol. The summed E-state index contributed by atoms with van der Waals surface area (Å²) in [6.45, 7) is 2.52. The fourth-order valence-electron chi connectivity index (χ4n) is 2.69. The van der Waals surface area contributed by atoms with Gasteiger partial charge in [-0.3, -0.25) is 4.98 Å². The van der Waals surface area contributed by atoms with Crippen molar-refractivity contribution < 1.29 is 14.2 Å². The van der Waals surface area contributed by atoms with Crippen LogP contribution in [0.3, 0.4) is 0 Å². The zero-order chi connectivity index (χ0) is 19.9. The van der Waals surface area contributed by atoms with Crippen molar-refractivity contribution in [3.05, 3.63) is 54.0 Å². The van der Waals surface area contributed by atoms with Crippen molar-refractivity contribution in [1.29, 1.82) is 0 Å². The standard InChI is InChI=1S/C20H23N5O3/c1-13-9-18(25-20(23-13)22-12-14-5-7-21-8-6-14)24-15-10-16(26-2)19(28-4)17(11-15)27-3/h5-11H,12H2,1-4H3,(H2,22,23,24,25). The van der Waals surface area contributed by atoms with E-state index in [2.05, 4.69) is 25.6 Å². The zero-order valence-electron chi connectivity index (χ0n) is 16.3. The highest BCUT2D eigenvalue weighted by Crippen LogP contribution is 2.40. The number of anilines is 3. The lowest BCUT2D eigenvalue weighted by atomic mass is 10.2. The average Bonchev–Trinajstić information content (AvgIpc) is 2.71. The second kappa shape index (κ2) is 8.90. The second-order valence-corrected chi connectivity index (χ2v) is 5.97. The third kappa shape index (κ3) is 4.59. The first-order chi connectivity index (χ1) is 13.6. The number of hydrogen-bond donors (Lipinski definition) is 2. The van der Waals surface area contributed by atoms with Gasteiger partial charge in [0.1, 0.15) is 5.82 Å². The lowest BCUT2D eigenvalue weighted by Gasteiger charge is -2.15. The van der Waals surface area contributed by atoms with Crippen LogP contribution in [0.2, 0.25) is 0 Å². The van der Waals surface area contributed by atoms with Crippen LogP contribution in [0.25, 0.3) is 0 Å². The highest BCUT2D eigenvalue weighted by molar-refractivity contribution is 5.67. The number of hydrogen-bond acceptors (Lipinski definition) is 8. The Labute approximate surface area is 163 Å². The molecule has 0 aliphatic carbocycles. The molecule has 8 heteroatoms. The van der Waals surface area contributed by atoms with E-state index in [4.69, 9.17) is 14.2 Å². The van der Waals surface area contributed by atoms with Crippen LogP contribution in [0.15, 0.2) is 42.7 Å². The van der Waals surface area contributed by atoms with Gasteiger partial charge in [-0.1, -0.05) is 0 Å². The Morgan fingerprint density at radius 1 is 0.893 bits per heavy atom. The Morgan fingerprint density at radius 3 is 2.18 bits per heavy atom. The van der Waals surface area contributed by atoms with E-state index in [0.717, 1.165) is 16.9 Å². The lowest BCUT2D eigenvalue weighted by Crippen LogP contribution is -2.06. The third-order valence-electron chi connectivity index (χ3n) is 3.99. The number of ether oxygens (including phenoxy) is 3. The van der Waals surface area contributed by atoms with Crippen LogP contribution in [0.1, 0.15) is 11.3 Å². The molecule has 0 aliphatic rings. The van der Waals surface area contributed by atoms with Crippen LogP contribution < -0.4 is 24.8 Å². The van der Waals surface area contributed by atoms with Gasteiger partial charge in [0.2, 0.25) is 11.7 Å². The molecule has 0 fully saturated rings. The summed E-state index contributed by atoms with van der Waals surface area (Å²) in [6.07, 6.45) is 3.51. The van der Waals surface area contributed by atoms with Gasteiger partial charge in [-0.15, -0.1) is 0 Å². The second-order valence-electron chi connectivity index (χ2n) is 5.97. The molecule has 8 nitrogen and oxygen atoms in total. The van der Waals surface area contributed by atoms with Crippen LogP contribution >= 0.6 is 0 Å². The van der Waals surface area contributed by atoms with Crippen molar-refractivity contribution in [3.63, 3.8) is 0 Å². The fraction of sp³-hybridized carbons (Fsp3) is 0.250. The normalized spacial score (nSPS) is 10.3. The highest BCUT2D eigenvalue weighted by atomic mass is 16.5. The molecular weight excluding hydrogens is 358 g/mol. The van der Waals surface area contributed by atoms with Gasteiger partial charge in [-0.25, -0.2) is 4.98 Å². The number of aromatic nitrogens is 3. The molecule has 28 heavy (non-hydrogen) atoms. The molecule has 0 unspecified atom stereocenters. The molecule has 0 atom stereocenters. The van der Waals surface area contributed by atoms with E-state index in [1.54, 1.807) is 33.7 Å². The topological polar surface area (TPSA) is 90.4 Å². The van der Waals surface area contributed by atoms with Gasteiger partial charge < -0.3 is 24.8 Å². The molecule has 1 aromatic carbocycles. The van der Waals surface area contributed by atoms with Gasteiger partial charge in [-0.05, 0) is 24.6 Å². The molecule has 3 rings (SSSR count). The summed E-state index contributed by atoms with van der Waals surface area (Å²) >= 11 is 0. The first kappa shape index (κ1) is 19.2. The molecule has 2 heterocycles. The molecule has 0 spiro atoms. The van der Waals surface area contributed by atoms with E-state index in [1.165, 1.54) is 0 Å². The van der Waals surface area contributed by atoms with E-state index >= 15 is 0 Å². The Bertz CT molecular complexity index is 909. The highest BCUT2D eigenvalue weighted by Gasteiger charge is 2.14. The van der Waals surface area contributed by atoms with Crippen molar-refractivity contribution >= 4 is 17.5 Å². The lowest BCUT2D eigenvalue weighted by molar-refractivity contribution is 0.324. The quantitative estimate of drug-likeness (QED) is 0.612. The molecule has 0 aliphatic heterocycles. The summed E-state index contributed by atoms with van der Waals surface area (Å²) in [7, 11) is 4.73. The van der Waals surface area contributed by atoms with Crippen LogP contribution in [-0.2, 0) is 6.54 Å². The van der Waals surface area contributed by atoms with Gasteiger partial charge in [0.15, 0.2) is 11.5 Å². The molecule has 146 valence electrons. The number of methoxy groups -OCH3 is 3. The summed E-state index contributed by atoms with van der Waals surface area (Å²) < 4.78 is 16.2. The number of nitrogens with one attached hydrogen (secondary N) is 2.